The van der Waals surface area contributed by atoms with Gasteiger partial charge in [-0.1, -0.05) is 12.1 Å². The quantitative estimate of drug-likeness (QED) is 0.368. The van der Waals surface area contributed by atoms with Crippen LogP contribution in [0.1, 0.15) is 42.2 Å². The first-order valence-corrected chi connectivity index (χ1v) is 12.0. The lowest BCUT2D eigenvalue weighted by Gasteiger charge is -2.32. The van der Waals surface area contributed by atoms with E-state index in [4.69, 9.17) is 4.98 Å². The summed E-state index contributed by atoms with van der Waals surface area (Å²) in [6, 6.07) is 10.7. The number of benzene rings is 1. The van der Waals surface area contributed by atoms with Gasteiger partial charge in [0.05, 0.1) is 17.3 Å². The predicted octanol–water partition coefficient (Wildman–Crippen LogP) is 4.47. The second-order valence-corrected chi connectivity index (χ2v) is 9.00. The van der Waals surface area contributed by atoms with Crippen LogP contribution in [0.5, 0.6) is 0 Å². The standard InChI is InChI=1S/C26H22F2N8O/c27-18-8-2-1-7-17(18)25-34-21-13-30-20(24-31-14-32-35-24)12-22(21)36(25)16-6-3-5-15(11-16)33-26(37)23-19(28)9-4-10-29-23/h1-2,4,7-10,12-16H,3,5-6,11H2,(H,33,37)(H,31,32,35)/t15-,16+/m0/s1. The highest BCUT2D eigenvalue weighted by Crippen LogP contribution is 2.37. The van der Waals surface area contributed by atoms with Crippen molar-refractivity contribution in [3.63, 3.8) is 0 Å². The number of halogens is 2. The number of carbonyl (C=O) groups excluding carboxylic acids is 1. The zero-order chi connectivity index (χ0) is 25.4. The van der Waals surface area contributed by atoms with Gasteiger partial charge in [0, 0.05) is 18.3 Å². The lowest BCUT2D eigenvalue weighted by molar-refractivity contribution is 0.0911. The Kier molecular flexibility index (Phi) is 5.87. The lowest BCUT2D eigenvalue weighted by atomic mass is 9.90. The maximum atomic E-state index is 14.9. The Morgan fingerprint density at radius 2 is 1.92 bits per heavy atom. The molecule has 9 nitrogen and oxygen atoms in total. The zero-order valence-electron chi connectivity index (χ0n) is 19.6. The fourth-order valence-corrected chi connectivity index (χ4v) is 5.00. The number of fused-ring (bicyclic) bond motifs is 1. The molecule has 186 valence electrons. The van der Waals surface area contributed by atoms with E-state index in [2.05, 4.69) is 30.5 Å². The summed E-state index contributed by atoms with van der Waals surface area (Å²) in [6.07, 6.45) is 7.35. The molecule has 1 aliphatic rings. The zero-order valence-corrected chi connectivity index (χ0v) is 19.6. The third kappa shape index (κ3) is 4.32. The average molecular weight is 501 g/mol. The number of aromatic amines is 1. The molecule has 2 N–H and O–H groups in total. The van der Waals surface area contributed by atoms with Crippen molar-refractivity contribution in [3.8, 4) is 22.9 Å². The molecule has 4 aromatic heterocycles. The molecule has 1 aliphatic carbocycles. The molecule has 11 heteroatoms. The van der Waals surface area contributed by atoms with Gasteiger partial charge in [0.2, 0.25) is 0 Å². The molecule has 0 spiro atoms. The third-order valence-corrected chi connectivity index (χ3v) is 6.67. The van der Waals surface area contributed by atoms with Gasteiger partial charge < -0.3 is 9.88 Å². The van der Waals surface area contributed by atoms with E-state index in [0.717, 1.165) is 24.8 Å². The summed E-state index contributed by atoms with van der Waals surface area (Å²) in [6.45, 7) is 0. The first-order valence-electron chi connectivity index (χ1n) is 12.0. The molecule has 0 saturated heterocycles. The van der Waals surface area contributed by atoms with E-state index >= 15 is 0 Å². The van der Waals surface area contributed by atoms with E-state index in [1.807, 2.05) is 10.6 Å². The molecule has 4 heterocycles. The van der Waals surface area contributed by atoms with Crippen LogP contribution in [-0.2, 0) is 0 Å². The smallest absolute Gasteiger partial charge is 0.273 e. The minimum absolute atomic E-state index is 0.0998. The van der Waals surface area contributed by atoms with Gasteiger partial charge in [-0.15, -0.1) is 0 Å². The Bertz CT molecular complexity index is 1580. The van der Waals surface area contributed by atoms with Crippen molar-refractivity contribution in [1.29, 1.82) is 0 Å². The van der Waals surface area contributed by atoms with Crippen LogP contribution in [0.15, 0.2) is 61.2 Å². The summed E-state index contributed by atoms with van der Waals surface area (Å²) in [4.78, 5) is 30.0. The molecule has 1 aromatic carbocycles. The Morgan fingerprint density at radius 3 is 2.73 bits per heavy atom. The highest BCUT2D eigenvalue weighted by atomic mass is 19.1. The van der Waals surface area contributed by atoms with Crippen LogP contribution >= 0.6 is 0 Å². The number of aromatic nitrogens is 7. The molecule has 2 atom stereocenters. The molecule has 0 unspecified atom stereocenters. The lowest BCUT2D eigenvalue weighted by Crippen LogP contribution is -2.39. The van der Waals surface area contributed by atoms with Crippen LogP contribution in [0.2, 0.25) is 0 Å². The summed E-state index contributed by atoms with van der Waals surface area (Å²) in [5.74, 6) is -0.605. The van der Waals surface area contributed by atoms with Crippen LogP contribution in [-0.4, -0.2) is 46.6 Å². The number of hydrogen-bond donors (Lipinski definition) is 2. The highest BCUT2D eigenvalue weighted by molar-refractivity contribution is 5.92. The summed E-state index contributed by atoms with van der Waals surface area (Å²) in [7, 11) is 0. The molecular formula is C26H22F2N8O. The molecule has 6 rings (SSSR count). The Morgan fingerprint density at radius 1 is 1.05 bits per heavy atom. The topological polar surface area (TPSA) is 114 Å². The molecule has 0 aliphatic heterocycles. The first-order chi connectivity index (χ1) is 18.1. The van der Waals surface area contributed by atoms with Crippen molar-refractivity contribution in [2.75, 3.05) is 0 Å². The second kappa shape index (κ2) is 9.49. The van der Waals surface area contributed by atoms with Crippen molar-refractivity contribution in [2.24, 2.45) is 0 Å². The molecule has 1 fully saturated rings. The van der Waals surface area contributed by atoms with E-state index in [1.165, 1.54) is 30.7 Å². The number of rotatable bonds is 5. The molecular weight excluding hydrogens is 478 g/mol. The summed E-state index contributed by atoms with van der Waals surface area (Å²) in [5, 5.41) is 9.66. The van der Waals surface area contributed by atoms with Crippen molar-refractivity contribution >= 4 is 16.9 Å². The van der Waals surface area contributed by atoms with Crippen LogP contribution < -0.4 is 5.32 Å². The molecule has 1 amide bonds. The van der Waals surface area contributed by atoms with Gasteiger partial charge >= 0.3 is 0 Å². The SMILES string of the molecule is O=C(N[C@H]1CCC[C@@H](n2c(-c3ccccc3F)nc3cnc(-c4ncn[nH]4)cc32)C1)c1ncccc1F. The van der Waals surface area contributed by atoms with Gasteiger partial charge in [-0.05, 0) is 56.0 Å². The van der Waals surface area contributed by atoms with Crippen molar-refractivity contribution < 1.29 is 13.6 Å². The normalized spacial score (nSPS) is 17.7. The van der Waals surface area contributed by atoms with Crippen LogP contribution in [0.4, 0.5) is 8.78 Å². The predicted molar refractivity (Wildman–Crippen MR) is 131 cm³/mol. The first kappa shape index (κ1) is 22.9. The summed E-state index contributed by atoms with van der Waals surface area (Å²) < 4.78 is 31.1. The van der Waals surface area contributed by atoms with Crippen LogP contribution in [0.3, 0.4) is 0 Å². The van der Waals surface area contributed by atoms with Gasteiger partial charge in [-0.3, -0.25) is 14.9 Å². The van der Waals surface area contributed by atoms with E-state index in [-0.39, 0.29) is 23.6 Å². The minimum Gasteiger partial charge on any atom is -0.348 e. The van der Waals surface area contributed by atoms with Crippen LogP contribution in [0, 0.1) is 11.6 Å². The van der Waals surface area contributed by atoms with Gasteiger partial charge in [-0.25, -0.2) is 23.7 Å². The summed E-state index contributed by atoms with van der Waals surface area (Å²) >= 11 is 0. The van der Waals surface area contributed by atoms with Gasteiger partial charge in [0.15, 0.2) is 17.3 Å². The number of pyridine rings is 2. The fraction of sp³-hybridized carbons (Fsp3) is 0.231. The fourth-order valence-electron chi connectivity index (χ4n) is 5.00. The number of H-pyrrole nitrogens is 1. The Hall–Kier alpha value is -4.54. The second-order valence-electron chi connectivity index (χ2n) is 9.00. The molecule has 37 heavy (non-hydrogen) atoms. The third-order valence-electron chi connectivity index (χ3n) is 6.67. The van der Waals surface area contributed by atoms with Gasteiger partial charge in [-0.2, -0.15) is 5.10 Å². The number of imidazole rings is 1. The maximum absolute atomic E-state index is 14.9. The van der Waals surface area contributed by atoms with Crippen molar-refractivity contribution in [3.05, 3.63) is 78.5 Å². The van der Waals surface area contributed by atoms with Gasteiger partial charge in [0.25, 0.3) is 5.91 Å². The van der Waals surface area contributed by atoms with E-state index in [0.29, 0.717) is 34.8 Å². The average Bonchev–Trinajstić information content (AvgIpc) is 3.57. The van der Waals surface area contributed by atoms with E-state index in [9.17, 15) is 13.6 Å². The highest BCUT2D eigenvalue weighted by Gasteiger charge is 2.30. The van der Waals surface area contributed by atoms with E-state index < -0.39 is 11.7 Å². The number of hydrogen-bond acceptors (Lipinski definition) is 6. The maximum Gasteiger partial charge on any atom is 0.273 e. The monoisotopic (exact) mass is 500 g/mol. The largest absolute Gasteiger partial charge is 0.348 e. The molecule has 5 aromatic rings. The molecule has 0 bridgehead atoms. The van der Waals surface area contributed by atoms with Gasteiger partial charge in [0.1, 0.15) is 29.2 Å². The minimum atomic E-state index is -0.665. The van der Waals surface area contributed by atoms with E-state index in [1.54, 1.807) is 24.4 Å². The summed E-state index contributed by atoms with van der Waals surface area (Å²) in [5.41, 5.74) is 2.11. The molecule has 1 saturated carbocycles. The number of nitrogens with one attached hydrogen (secondary N) is 2. The molecule has 0 radical (unpaired) electrons. The van der Waals surface area contributed by atoms with Crippen LogP contribution in [0.25, 0.3) is 33.9 Å². The number of carbonyl (C=O) groups is 1. The number of amides is 1. The number of nitrogens with zero attached hydrogens (tertiary/aromatic N) is 6. The van der Waals surface area contributed by atoms with Crippen molar-refractivity contribution in [2.45, 2.75) is 37.8 Å². The van der Waals surface area contributed by atoms with Crippen molar-refractivity contribution in [1.82, 2.24) is 40.0 Å². The Balaban J connectivity index is 1.40. The Labute approximate surface area is 210 Å².